The molecule has 0 unspecified atom stereocenters. The second-order valence-corrected chi connectivity index (χ2v) is 6.39. The van der Waals surface area contributed by atoms with Gasteiger partial charge in [0.15, 0.2) is 0 Å². The monoisotopic (exact) mass is 364 g/mol. The first kappa shape index (κ1) is 14.5. The van der Waals surface area contributed by atoms with E-state index >= 15 is 0 Å². The minimum atomic E-state index is -0.0197. The second kappa shape index (κ2) is 6.16. The summed E-state index contributed by atoms with van der Waals surface area (Å²) in [6.45, 7) is 0.592. The van der Waals surface area contributed by atoms with Crippen LogP contribution in [0.5, 0.6) is 0 Å². The lowest BCUT2D eigenvalue weighted by Gasteiger charge is -2.22. The average molecular weight is 366 g/mol. The van der Waals surface area contributed by atoms with Gasteiger partial charge < -0.3 is 4.90 Å². The zero-order valence-corrected chi connectivity index (χ0v) is 13.6. The van der Waals surface area contributed by atoms with Gasteiger partial charge in [0.1, 0.15) is 10.3 Å². The number of carbonyl (C=O) groups is 1. The molecule has 0 saturated heterocycles. The van der Waals surface area contributed by atoms with Crippen LogP contribution in [0.25, 0.3) is 0 Å². The summed E-state index contributed by atoms with van der Waals surface area (Å²) in [4.78, 5) is 18.8. The molecule has 1 aliphatic carbocycles. The molecule has 1 amide bonds. The smallest absolute Gasteiger partial charge is 0.273 e. The summed E-state index contributed by atoms with van der Waals surface area (Å²) < 4.78 is 0.676. The van der Waals surface area contributed by atoms with E-state index in [9.17, 15) is 4.79 Å². The Kier molecular flexibility index (Phi) is 4.27. The fraction of sp³-hybridized carbons (Fsp3) is 0.250. The number of amides is 1. The predicted octanol–water partition coefficient (Wildman–Crippen LogP) is 4.30. The van der Waals surface area contributed by atoms with E-state index in [0.29, 0.717) is 27.9 Å². The van der Waals surface area contributed by atoms with E-state index in [-0.39, 0.29) is 5.91 Å². The Hall–Kier alpha value is -1.39. The molecule has 0 spiro atoms. The summed E-state index contributed by atoms with van der Waals surface area (Å²) in [5.74, 6) is -0.0197. The Morgan fingerprint density at radius 2 is 1.95 bits per heavy atom. The summed E-state index contributed by atoms with van der Waals surface area (Å²) in [5, 5.41) is 0.705. The van der Waals surface area contributed by atoms with Gasteiger partial charge in [-0.3, -0.25) is 4.79 Å². The minimum Gasteiger partial charge on any atom is -0.330 e. The summed E-state index contributed by atoms with van der Waals surface area (Å²) in [6.07, 6.45) is 2.13. The maximum absolute atomic E-state index is 12.7. The van der Waals surface area contributed by atoms with Crippen molar-refractivity contribution in [1.82, 2.24) is 9.88 Å². The Bertz CT molecular complexity index is 656. The van der Waals surface area contributed by atoms with Gasteiger partial charge in [-0.2, -0.15) is 0 Å². The van der Waals surface area contributed by atoms with Crippen molar-refractivity contribution in [3.05, 3.63) is 63.3 Å². The van der Waals surface area contributed by atoms with Gasteiger partial charge in [0.2, 0.25) is 0 Å². The molecular weight excluding hydrogens is 352 g/mol. The number of aromatic nitrogens is 1. The normalized spacial score (nSPS) is 14.0. The number of hydrogen-bond acceptors (Lipinski definition) is 2. The molecule has 5 heteroatoms. The van der Waals surface area contributed by atoms with Crippen molar-refractivity contribution < 1.29 is 4.79 Å². The molecule has 1 heterocycles. The summed E-state index contributed by atoms with van der Waals surface area (Å²) in [6, 6.07) is 13.3. The van der Waals surface area contributed by atoms with E-state index in [4.69, 9.17) is 11.6 Å². The van der Waals surface area contributed by atoms with Gasteiger partial charge >= 0.3 is 0 Å². The number of nitrogens with zero attached hydrogens (tertiary/aromatic N) is 2. The van der Waals surface area contributed by atoms with Crippen molar-refractivity contribution in [2.45, 2.75) is 25.4 Å². The molecule has 1 fully saturated rings. The molecule has 3 nitrogen and oxygen atoms in total. The van der Waals surface area contributed by atoms with E-state index in [0.717, 1.165) is 18.4 Å². The van der Waals surface area contributed by atoms with Crippen molar-refractivity contribution in [2.75, 3.05) is 0 Å². The van der Waals surface area contributed by atoms with Crippen molar-refractivity contribution in [1.29, 1.82) is 0 Å². The van der Waals surface area contributed by atoms with Gasteiger partial charge in [-0.05, 0) is 58.6 Å². The summed E-state index contributed by atoms with van der Waals surface area (Å²) >= 11 is 9.21. The number of hydrogen-bond donors (Lipinski definition) is 0. The molecule has 1 aromatic carbocycles. The lowest BCUT2D eigenvalue weighted by Crippen LogP contribution is -2.33. The highest BCUT2D eigenvalue weighted by molar-refractivity contribution is 9.10. The number of pyridine rings is 1. The molecule has 1 aliphatic rings. The third kappa shape index (κ3) is 3.63. The molecule has 2 aromatic rings. The van der Waals surface area contributed by atoms with Crippen LogP contribution in [0.3, 0.4) is 0 Å². The highest BCUT2D eigenvalue weighted by Crippen LogP contribution is 2.30. The van der Waals surface area contributed by atoms with Crippen LogP contribution in [0.1, 0.15) is 28.9 Å². The van der Waals surface area contributed by atoms with E-state index < -0.39 is 0 Å². The van der Waals surface area contributed by atoms with Crippen LogP contribution in [-0.2, 0) is 6.54 Å². The Balaban J connectivity index is 1.81. The fourth-order valence-corrected chi connectivity index (χ4v) is 2.68. The first-order chi connectivity index (χ1) is 10.1. The SMILES string of the molecule is O=C(c1cccc(Br)n1)N(Cc1ccc(Cl)cc1)C1CC1. The van der Waals surface area contributed by atoms with E-state index in [1.165, 1.54) is 0 Å². The van der Waals surface area contributed by atoms with Crippen molar-refractivity contribution in [3.8, 4) is 0 Å². The number of carbonyl (C=O) groups excluding carboxylic acids is 1. The molecule has 21 heavy (non-hydrogen) atoms. The van der Waals surface area contributed by atoms with Crippen molar-refractivity contribution in [2.24, 2.45) is 0 Å². The Morgan fingerprint density at radius 1 is 1.24 bits per heavy atom. The summed E-state index contributed by atoms with van der Waals surface area (Å²) in [7, 11) is 0. The molecule has 1 aromatic heterocycles. The number of halogens is 2. The van der Waals surface area contributed by atoms with Crippen molar-refractivity contribution >= 4 is 33.4 Å². The van der Waals surface area contributed by atoms with E-state index in [1.54, 1.807) is 6.07 Å². The van der Waals surface area contributed by atoms with Gasteiger partial charge in [-0.1, -0.05) is 29.8 Å². The minimum absolute atomic E-state index is 0.0197. The molecule has 108 valence electrons. The highest BCUT2D eigenvalue weighted by atomic mass is 79.9. The molecule has 0 radical (unpaired) electrons. The van der Waals surface area contributed by atoms with Crippen LogP contribution >= 0.6 is 27.5 Å². The standard InChI is InChI=1S/C16H14BrClN2O/c17-15-3-1-2-14(19-15)16(21)20(13-8-9-13)10-11-4-6-12(18)7-5-11/h1-7,13H,8-10H2. The highest BCUT2D eigenvalue weighted by Gasteiger charge is 2.33. The molecule has 0 bridgehead atoms. The fourth-order valence-electron chi connectivity index (χ4n) is 2.21. The largest absolute Gasteiger partial charge is 0.330 e. The van der Waals surface area contributed by atoms with E-state index in [2.05, 4.69) is 20.9 Å². The van der Waals surface area contributed by atoms with Gasteiger partial charge in [-0.15, -0.1) is 0 Å². The Morgan fingerprint density at radius 3 is 2.57 bits per heavy atom. The van der Waals surface area contributed by atoms with Crippen LogP contribution in [0.15, 0.2) is 47.1 Å². The number of rotatable bonds is 4. The predicted molar refractivity (Wildman–Crippen MR) is 86.3 cm³/mol. The average Bonchev–Trinajstić information content (AvgIpc) is 3.30. The quantitative estimate of drug-likeness (QED) is 0.757. The zero-order chi connectivity index (χ0) is 14.8. The van der Waals surface area contributed by atoms with Crippen LogP contribution in [-0.4, -0.2) is 21.8 Å². The van der Waals surface area contributed by atoms with E-state index in [1.807, 2.05) is 41.3 Å². The van der Waals surface area contributed by atoms with Crippen LogP contribution < -0.4 is 0 Å². The third-order valence-electron chi connectivity index (χ3n) is 3.45. The molecule has 0 atom stereocenters. The maximum Gasteiger partial charge on any atom is 0.273 e. The lowest BCUT2D eigenvalue weighted by atomic mass is 10.2. The van der Waals surface area contributed by atoms with Crippen LogP contribution in [0.4, 0.5) is 0 Å². The van der Waals surface area contributed by atoms with Gasteiger partial charge in [-0.25, -0.2) is 4.98 Å². The zero-order valence-electron chi connectivity index (χ0n) is 11.3. The lowest BCUT2D eigenvalue weighted by molar-refractivity contribution is 0.0723. The second-order valence-electron chi connectivity index (χ2n) is 5.14. The molecular formula is C16H14BrClN2O. The maximum atomic E-state index is 12.7. The van der Waals surface area contributed by atoms with Crippen molar-refractivity contribution in [3.63, 3.8) is 0 Å². The van der Waals surface area contributed by atoms with Gasteiger partial charge in [0.25, 0.3) is 5.91 Å². The molecule has 3 rings (SSSR count). The van der Waals surface area contributed by atoms with Crippen LogP contribution in [0.2, 0.25) is 5.02 Å². The van der Waals surface area contributed by atoms with Crippen LogP contribution in [0, 0.1) is 0 Å². The van der Waals surface area contributed by atoms with Gasteiger partial charge in [0, 0.05) is 17.6 Å². The molecule has 0 aliphatic heterocycles. The molecule has 0 N–H and O–H groups in total. The summed E-state index contributed by atoms with van der Waals surface area (Å²) in [5.41, 5.74) is 1.56. The first-order valence-corrected chi connectivity index (χ1v) is 7.98. The van der Waals surface area contributed by atoms with Gasteiger partial charge in [0.05, 0.1) is 0 Å². The topological polar surface area (TPSA) is 33.2 Å². The first-order valence-electron chi connectivity index (χ1n) is 6.81. The third-order valence-corrected chi connectivity index (χ3v) is 4.14. The number of benzene rings is 1. The Labute approximate surface area is 137 Å². The molecule has 1 saturated carbocycles.